The van der Waals surface area contributed by atoms with Crippen molar-refractivity contribution in [3.05, 3.63) is 48.1 Å². The minimum atomic E-state index is -0.502. The third-order valence-electron chi connectivity index (χ3n) is 5.18. The lowest BCUT2D eigenvalue weighted by atomic mass is 10.1. The second-order valence-corrected chi connectivity index (χ2v) is 8.07. The van der Waals surface area contributed by atoms with Crippen LogP contribution in [-0.4, -0.2) is 50.9 Å². The molecule has 0 spiro atoms. The van der Waals surface area contributed by atoms with Crippen LogP contribution in [0.3, 0.4) is 0 Å². The summed E-state index contributed by atoms with van der Waals surface area (Å²) < 4.78 is 15.7. The third-order valence-corrected chi connectivity index (χ3v) is 5.18. The predicted octanol–water partition coefficient (Wildman–Crippen LogP) is 2.65. The Kier molecular flexibility index (Phi) is 5.63. The first-order chi connectivity index (χ1) is 14.4. The lowest BCUT2D eigenvalue weighted by Crippen LogP contribution is -2.31. The van der Waals surface area contributed by atoms with Gasteiger partial charge in [0.1, 0.15) is 11.5 Å². The van der Waals surface area contributed by atoms with Crippen molar-refractivity contribution in [3.8, 4) is 0 Å². The fourth-order valence-electron chi connectivity index (χ4n) is 3.65. The van der Waals surface area contributed by atoms with E-state index in [9.17, 15) is 9.18 Å². The van der Waals surface area contributed by atoms with Crippen LogP contribution in [0.1, 0.15) is 36.5 Å². The molecule has 1 fully saturated rings. The van der Waals surface area contributed by atoms with E-state index in [0.717, 1.165) is 31.9 Å². The number of nitrogens with zero attached hydrogens (tertiary/aromatic N) is 5. The van der Waals surface area contributed by atoms with Crippen LogP contribution in [0.4, 0.5) is 15.9 Å². The summed E-state index contributed by atoms with van der Waals surface area (Å²) in [5.74, 6) is 0.400. The fraction of sp³-hybridized carbons (Fsp3) is 0.429. The number of aryl methyl sites for hydroxylation is 1. The molecule has 3 aromatic heterocycles. The number of carbonyl (C=O) groups is 1. The molecule has 1 aliphatic rings. The van der Waals surface area contributed by atoms with E-state index in [-0.39, 0.29) is 11.3 Å². The lowest BCUT2D eigenvalue weighted by Gasteiger charge is -2.18. The van der Waals surface area contributed by atoms with Crippen LogP contribution in [0.15, 0.2) is 30.9 Å². The Hall–Kier alpha value is -3.07. The number of nitrogens with one attached hydrogen (secondary N) is 2. The van der Waals surface area contributed by atoms with Gasteiger partial charge < -0.3 is 19.9 Å². The van der Waals surface area contributed by atoms with E-state index in [1.54, 1.807) is 29.9 Å². The molecule has 3 aromatic rings. The van der Waals surface area contributed by atoms with Crippen LogP contribution in [0.2, 0.25) is 0 Å². The first-order valence-electron chi connectivity index (χ1n) is 10.2. The van der Waals surface area contributed by atoms with Crippen molar-refractivity contribution in [3.63, 3.8) is 0 Å². The topological polar surface area (TPSA) is 87.5 Å². The van der Waals surface area contributed by atoms with Gasteiger partial charge in [-0.25, -0.2) is 19.3 Å². The molecule has 2 N–H and O–H groups in total. The molecule has 0 aliphatic carbocycles. The Labute approximate surface area is 174 Å². The third kappa shape index (κ3) is 4.40. The normalized spacial score (nSPS) is 16.6. The summed E-state index contributed by atoms with van der Waals surface area (Å²) in [5, 5.41) is 6.15. The monoisotopic (exact) mass is 411 g/mol. The highest BCUT2D eigenvalue weighted by atomic mass is 19.1. The molecule has 1 unspecified atom stereocenters. The van der Waals surface area contributed by atoms with Gasteiger partial charge in [0.2, 0.25) is 0 Å². The Morgan fingerprint density at radius 1 is 1.30 bits per heavy atom. The summed E-state index contributed by atoms with van der Waals surface area (Å²) in [6, 6.07) is 1.72. The summed E-state index contributed by atoms with van der Waals surface area (Å²) in [4.78, 5) is 27.5. The van der Waals surface area contributed by atoms with Crippen molar-refractivity contribution in [1.29, 1.82) is 0 Å². The van der Waals surface area contributed by atoms with E-state index in [1.165, 1.54) is 12.3 Å². The zero-order chi connectivity index (χ0) is 21.3. The van der Waals surface area contributed by atoms with Gasteiger partial charge in [-0.1, -0.05) is 13.8 Å². The summed E-state index contributed by atoms with van der Waals surface area (Å²) >= 11 is 0. The number of amides is 1. The fourth-order valence-corrected chi connectivity index (χ4v) is 3.65. The van der Waals surface area contributed by atoms with Crippen LogP contribution in [0, 0.1) is 18.7 Å². The van der Waals surface area contributed by atoms with E-state index in [1.807, 2.05) is 0 Å². The summed E-state index contributed by atoms with van der Waals surface area (Å²) in [7, 11) is 0. The van der Waals surface area contributed by atoms with Gasteiger partial charge in [-0.3, -0.25) is 4.79 Å². The maximum atomic E-state index is 14.2. The van der Waals surface area contributed by atoms with Crippen molar-refractivity contribution >= 4 is 23.1 Å². The standard InChI is InChI=1S/C21H26FN7O/c1-13(2)23-7-15-4-5-28(11-15)19-9-24-18(8-25-19)21(30)27-16-6-17(22)20-26-14(3)10-29(20)12-16/h6,8-10,12-13,15,23H,4-5,7,11H2,1-3H3,(H,27,30). The van der Waals surface area contributed by atoms with Crippen LogP contribution >= 0.6 is 0 Å². The molecule has 0 saturated carbocycles. The number of fused-ring (bicyclic) bond motifs is 1. The van der Waals surface area contributed by atoms with E-state index < -0.39 is 11.7 Å². The first-order valence-corrected chi connectivity index (χ1v) is 10.2. The van der Waals surface area contributed by atoms with Gasteiger partial charge in [0.15, 0.2) is 11.5 Å². The van der Waals surface area contributed by atoms with Gasteiger partial charge in [-0.15, -0.1) is 0 Å². The number of anilines is 2. The summed E-state index contributed by atoms with van der Waals surface area (Å²) in [6.07, 6.45) is 7.50. The molecule has 1 amide bonds. The maximum Gasteiger partial charge on any atom is 0.275 e. The molecular weight excluding hydrogens is 385 g/mol. The Balaban J connectivity index is 1.40. The molecule has 0 aromatic carbocycles. The van der Waals surface area contributed by atoms with E-state index >= 15 is 0 Å². The van der Waals surface area contributed by atoms with Crippen molar-refractivity contribution in [2.45, 2.75) is 33.2 Å². The average molecular weight is 411 g/mol. The molecule has 4 heterocycles. The molecule has 4 rings (SSSR count). The Morgan fingerprint density at radius 3 is 2.87 bits per heavy atom. The lowest BCUT2D eigenvalue weighted by molar-refractivity contribution is 0.102. The molecule has 158 valence electrons. The molecule has 30 heavy (non-hydrogen) atoms. The number of pyridine rings is 1. The minimum Gasteiger partial charge on any atom is -0.355 e. The van der Waals surface area contributed by atoms with Crippen LogP contribution in [-0.2, 0) is 0 Å². The van der Waals surface area contributed by atoms with Crippen molar-refractivity contribution in [1.82, 2.24) is 24.7 Å². The molecule has 9 heteroatoms. The molecule has 8 nitrogen and oxygen atoms in total. The molecule has 0 radical (unpaired) electrons. The largest absolute Gasteiger partial charge is 0.355 e. The number of halogens is 1. The Morgan fingerprint density at radius 2 is 2.13 bits per heavy atom. The highest BCUT2D eigenvalue weighted by Crippen LogP contribution is 2.21. The maximum absolute atomic E-state index is 14.2. The van der Waals surface area contributed by atoms with Gasteiger partial charge in [-0.05, 0) is 25.8 Å². The van der Waals surface area contributed by atoms with Crippen molar-refractivity contribution in [2.24, 2.45) is 5.92 Å². The van der Waals surface area contributed by atoms with Crippen molar-refractivity contribution in [2.75, 3.05) is 29.9 Å². The summed E-state index contributed by atoms with van der Waals surface area (Å²) in [6.45, 7) is 8.90. The summed E-state index contributed by atoms with van der Waals surface area (Å²) in [5.41, 5.74) is 1.43. The molecular formula is C21H26FN7O. The zero-order valence-corrected chi connectivity index (χ0v) is 17.4. The van der Waals surface area contributed by atoms with Gasteiger partial charge in [-0.2, -0.15) is 0 Å². The van der Waals surface area contributed by atoms with Crippen molar-refractivity contribution < 1.29 is 9.18 Å². The van der Waals surface area contributed by atoms with Crippen LogP contribution in [0.5, 0.6) is 0 Å². The Bertz CT molecular complexity index is 1050. The zero-order valence-electron chi connectivity index (χ0n) is 17.4. The second-order valence-electron chi connectivity index (χ2n) is 8.07. The number of carbonyl (C=O) groups excluding carboxylic acids is 1. The quantitative estimate of drug-likeness (QED) is 0.649. The van der Waals surface area contributed by atoms with Gasteiger partial charge in [0, 0.05) is 37.6 Å². The van der Waals surface area contributed by atoms with Gasteiger partial charge in [0.25, 0.3) is 5.91 Å². The SMILES string of the molecule is Cc1cn2cc(NC(=O)c3cnc(N4CCC(CNC(C)C)C4)cn3)cc(F)c2n1. The van der Waals surface area contributed by atoms with Gasteiger partial charge in [0.05, 0.1) is 23.8 Å². The highest BCUT2D eigenvalue weighted by molar-refractivity contribution is 6.02. The number of imidazole rings is 1. The van der Waals surface area contributed by atoms with E-state index in [2.05, 4.69) is 44.3 Å². The smallest absolute Gasteiger partial charge is 0.275 e. The van der Waals surface area contributed by atoms with E-state index in [0.29, 0.717) is 23.3 Å². The van der Waals surface area contributed by atoms with Crippen LogP contribution < -0.4 is 15.5 Å². The van der Waals surface area contributed by atoms with Gasteiger partial charge >= 0.3 is 0 Å². The second kappa shape index (κ2) is 8.35. The minimum absolute atomic E-state index is 0.179. The van der Waals surface area contributed by atoms with Crippen LogP contribution in [0.25, 0.3) is 5.65 Å². The molecule has 0 bridgehead atoms. The molecule has 1 aliphatic heterocycles. The first kappa shape index (κ1) is 20.2. The number of hydrogen-bond donors (Lipinski definition) is 2. The highest BCUT2D eigenvalue weighted by Gasteiger charge is 2.24. The average Bonchev–Trinajstić information content (AvgIpc) is 3.33. The molecule has 1 saturated heterocycles. The molecule has 1 atom stereocenters. The number of hydrogen-bond acceptors (Lipinski definition) is 6. The van der Waals surface area contributed by atoms with E-state index in [4.69, 9.17) is 0 Å². The number of aromatic nitrogens is 4. The number of rotatable bonds is 6. The predicted molar refractivity (Wildman–Crippen MR) is 113 cm³/mol.